The highest BCUT2D eigenvalue weighted by Crippen LogP contribution is 2.30. The normalized spacial score (nSPS) is 12.8. The summed E-state index contributed by atoms with van der Waals surface area (Å²) >= 11 is 6.29. The lowest BCUT2D eigenvalue weighted by Crippen LogP contribution is -2.53. The van der Waals surface area contributed by atoms with Crippen molar-refractivity contribution < 1.29 is 18.0 Å². The number of nitrogens with zero attached hydrogens (tertiary/aromatic N) is 2. The van der Waals surface area contributed by atoms with Gasteiger partial charge in [-0.1, -0.05) is 79.5 Å². The maximum absolute atomic E-state index is 14.2. The molecule has 7 nitrogen and oxygen atoms in total. The van der Waals surface area contributed by atoms with Crippen LogP contribution in [0.5, 0.6) is 0 Å². The summed E-state index contributed by atoms with van der Waals surface area (Å²) in [6.45, 7) is 9.10. The molecule has 0 unspecified atom stereocenters. The van der Waals surface area contributed by atoms with Crippen LogP contribution < -0.4 is 9.62 Å². The molecule has 0 saturated carbocycles. The van der Waals surface area contributed by atoms with Crippen molar-refractivity contribution in [2.45, 2.75) is 71.0 Å². The minimum absolute atomic E-state index is 0.0500. The van der Waals surface area contributed by atoms with Crippen LogP contribution in [-0.2, 0) is 26.2 Å². The first kappa shape index (κ1) is 31.2. The number of hydrogen-bond acceptors (Lipinski definition) is 4. The number of amides is 2. The first-order chi connectivity index (χ1) is 19.0. The largest absolute Gasteiger partial charge is 0.352 e. The third kappa shape index (κ3) is 7.64. The van der Waals surface area contributed by atoms with Crippen LogP contribution in [-0.4, -0.2) is 43.8 Å². The molecule has 0 radical (unpaired) electrons. The number of rotatable bonds is 12. The number of benzene rings is 3. The Labute approximate surface area is 243 Å². The number of aryl methyl sites for hydroxylation is 2. The smallest absolute Gasteiger partial charge is 0.264 e. The van der Waals surface area contributed by atoms with Crippen LogP contribution in [0.4, 0.5) is 5.69 Å². The molecule has 0 bridgehead atoms. The van der Waals surface area contributed by atoms with E-state index in [1.165, 1.54) is 17.0 Å². The van der Waals surface area contributed by atoms with Crippen LogP contribution in [0.1, 0.15) is 50.3 Å². The van der Waals surface area contributed by atoms with E-state index in [4.69, 9.17) is 11.6 Å². The van der Waals surface area contributed by atoms with Gasteiger partial charge in [0.25, 0.3) is 10.0 Å². The lowest BCUT2D eigenvalue weighted by atomic mass is 10.1. The molecule has 3 aromatic carbocycles. The van der Waals surface area contributed by atoms with E-state index >= 15 is 0 Å². The summed E-state index contributed by atoms with van der Waals surface area (Å²) in [5.41, 5.74) is 2.81. The van der Waals surface area contributed by atoms with Crippen molar-refractivity contribution in [2.75, 3.05) is 10.8 Å². The third-order valence-corrected chi connectivity index (χ3v) is 8.88. The van der Waals surface area contributed by atoms with E-state index in [1.54, 1.807) is 43.3 Å². The Kier molecular flexibility index (Phi) is 10.8. The molecular formula is C31H38ClN3O4S. The van der Waals surface area contributed by atoms with Gasteiger partial charge in [-0.3, -0.25) is 13.9 Å². The van der Waals surface area contributed by atoms with Crippen molar-refractivity contribution in [3.8, 4) is 0 Å². The zero-order chi connectivity index (χ0) is 29.4. The van der Waals surface area contributed by atoms with Gasteiger partial charge in [-0.25, -0.2) is 8.42 Å². The van der Waals surface area contributed by atoms with Crippen molar-refractivity contribution >= 4 is 39.1 Å². The molecule has 2 amide bonds. The fraction of sp³-hybridized carbons (Fsp3) is 0.355. The number of hydrogen-bond donors (Lipinski definition) is 1. The molecule has 3 rings (SSSR count). The SMILES string of the molecule is CC[C@@H](C)NC(=O)[C@@H](CC)N(Cc1cccc(C)c1)C(=O)CN(c1cc(Cl)ccc1C)S(=O)(=O)c1ccccc1. The molecule has 3 aromatic rings. The average Bonchev–Trinajstić information content (AvgIpc) is 2.93. The number of carbonyl (C=O) groups excluding carboxylic acids is 2. The van der Waals surface area contributed by atoms with Crippen molar-refractivity contribution in [3.05, 3.63) is 94.5 Å². The van der Waals surface area contributed by atoms with Gasteiger partial charge in [0.05, 0.1) is 10.6 Å². The van der Waals surface area contributed by atoms with Gasteiger partial charge < -0.3 is 10.2 Å². The molecule has 1 N–H and O–H groups in total. The summed E-state index contributed by atoms with van der Waals surface area (Å²) in [6.07, 6.45) is 1.10. The van der Waals surface area contributed by atoms with Gasteiger partial charge in [0.15, 0.2) is 0 Å². The number of carbonyl (C=O) groups is 2. The summed E-state index contributed by atoms with van der Waals surface area (Å²) in [4.78, 5) is 29.1. The second-order valence-corrected chi connectivity index (χ2v) is 12.3. The molecule has 2 atom stereocenters. The highest BCUT2D eigenvalue weighted by Gasteiger charge is 2.34. The Morgan fingerprint density at radius 1 is 0.925 bits per heavy atom. The van der Waals surface area contributed by atoms with E-state index < -0.39 is 28.5 Å². The van der Waals surface area contributed by atoms with Crippen LogP contribution in [0.25, 0.3) is 0 Å². The van der Waals surface area contributed by atoms with E-state index in [9.17, 15) is 18.0 Å². The Bertz CT molecular complexity index is 1430. The lowest BCUT2D eigenvalue weighted by molar-refractivity contribution is -0.140. The molecule has 40 heavy (non-hydrogen) atoms. The van der Waals surface area contributed by atoms with Crippen molar-refractivity contribution in [1.29, 1.82) is 0 Å². The fourth-order valence-electron chi connectivity index (χ4n) is 4.45. The van der Waals surface area contributed by atoms with E-state index in [-0.39, 0.29) is 23.4 Å². The molecule has 0 saturated heterocycles. The van der Waals surface area contributed by atoms with Gasteiger partial charge in [-0.2, -0.15) is 0 Å². The monoisotopic (exact) mass is 583 g/mol. The van der Waals surface area contributed by atoms with Crippen molar-refractivity contribution in [3.63, 3.8) is 0 Å². The first-order valence-corrected chi connectivity index (χ1v) is 15.3. The van der Waals surface area contributed by atoms with E-state index in [0.29, 0.717) is 22.7 Å². The highest BCUT2D eigenvalue weighted by atomic mass is 35.5. The second kappa shape index (κ2) is 13.8. The van der Waals surface area contributed by atoms with E-state index in [1.807, 2.05) is 52.0 Å². The van der Waals surface area contributed by atoms with Crippen LogP contribution in [0, 0.1) is 13.8 Å². The zero-order valence-electron chi connectivity index (χ0n) is 23.7. The highest BCUT2D eigenvalue weighted by molar-refractivity contribution is 7.92. The lowest BCUT2D eigenvalue weighted by Gasteiger charge is -2.34. The zero-order valence-corrected chi connectivity index (χ0v) is 25.3. The Balaban J connectivity index is 2.09. The number of anilines is 1. The molecular weight excluding hydrogens is 546 g/mol. The maximum atomic E-state index is 14.2. The van der Waals surface area contributed by atoms with Crippen LogP contribution in [0.2, 0.25) is 5.02 Å². The molecule has 0 spiro atoms. The number of sulfonamides is 1. The molecule has 9 heteroatoms. The molecule has 214 valence electrons. The molecule has 0 fully saturated rings. The van der Waals surface area contributed by atoms with Gasteiger partial charge in [0.1, 0.15) is 12.6 Å². The number of nitrogens with one attached hydrogen (secondary N) is 1. The predicted octanol–water partition coefficient (Wildman–Crippen LogP) is 5.87. The minimum Gasteiger partial charge on any atom is -0.352 e. The summed E-state index contributed by atoms with van der Waals surface area (Å²) in [5, 5.41) is 3.33. The molecule has 0 aliphatic heterocycles. The first-order valence-electron chi connectivity index (χ1n) is 13.5. The van der Waals surface area contributed by atoms with Gasteiger partial charge in [-0.05, 0) is 69.0 Å². The fourth-order valence-corrected chi connectivity index (χ4v) is 6.11. The Hall–Kier alpha value is -3.36. The van der Waals surface area contributed by atoms with Crippen molar-refractivity contribution in [1.82, 2.24) is 10.2 Å². The molecule has 0 aliphatic rings. The summed E-state index contributed by atoms with van der Waals surface area (Å²) < 4.78 is 29.0. The average molecular weight is 584 g/mol. The number of halogens is 1. The molecule has 0 heterocycles. The maximum Gasteiger partial charge on any atom is 0.264 e. The van der Waals surface area contributed by atoms with Gasteiger partial charge >= 0.3 is 0 Å². The third-order valence-electron chi connectivity index (χ3n) is 6.87. The summed E-state index contributed by atoms with van der Waals surface area (Å²) in [6, 6.07) is 19.8. The second-order valence-electron chi connectivity index (χ2n) is 10.0. The van der Waals surface area contributed by atoms with Crippen molar-refractivity contribution in [2.24, 2.45) is 0 Å². The Morgan fingerprint density at radius 2 is 1.62 bits per heavy atom. The van der Waals surface area contributed by atoms with Crippen LogP contribution >= 0.6 is 11.6 Å². The summed E-state index contributed by atoms with van der Waals surface area (Å²) in [7, 11) is -4.15. The van der Waals surface area contributed by atoms with Gasteiger partial charge in [0, 0.05) is 17.6 Å². The Morgan fingerprint density at radius 3 is 2.25 bits per heavy atom. The van der Waals surface area contributed by atoms with Crippen LogP contribution in [0.3, 0.4) is 0 Å². The standard InChI is InChI=1S/C31H38ClN3O4S/c1-6-24(5)33-31(37)28(7-2)34(20-25-13-11-12-22(3)18-25)30(36)21-35(29-19-26(32)17-16-23(29)4)40(38,39)27-14-9-8-10-15-27/h8-19,24,28H,6-7,20-21H2,1-5H3,(H,33,37)/t24-,28-/m1/s1. The van der Waals surface area contributed by atoms with E-state index in [0.717, 1.165) is 21.9 Å². The van der Waals surface area contributed by atoms with Gasteiger partial charge in [0.2, 0.25) is 11.8 Å². The van der Waals surface area contributed by atoms with Gasteiger partial charge in [-0.15, -0.1) is 0 Å². The van der Waals surface area contributed by atoms with Crippen LogP contribution in [0.15, 0.2) is 77.7 Å². The topological polar surface area (TPSA) is 86.8 Å². The predicted molar refractivity (Wildman–Crippen MR) is 161 cm³/mol. The molecule has 0 aromatic heterocycles. The molecule has 0 aliphatic carbocycles. The quantitative estimate of drug-likeness (QED) is 0.289. The minimum atomic E-state index is -4.15. The summed E-state index contributed by atoms with van der Waals surface area (Å²) in [5.74, 6) is -0.763. The van der Waals surface area contributed by atoms with E-state index in [2.05, 4.69) is 5.32 Å².